The van der Waals surface area contributed by atoms with Crippen LogP contribution in [0.2, 0.25) is 5.02 Å². The summed E-state index contributed by atoms with van der Waals surface area (Å²) in [5.74, 6) is -0.204. The number of anilines is 1. The number of halogens is 1. The van der Waals surface area contributed by atoms with E-state index in [1.165, 1.54) is 23.1 Å². The number of hydrogen-bond donors (Lipinski definition) is 3. The second-order valence-corrected chi connectivity index (χ2v) is 7.12. The highest BCUT2D eigenvalue weighted by Gasteiger charge is 2.12. The number of pyridine rings is 1. The Kier molecular flexibility index (Phi) is 4.56. The van der Waals surface area contributed by atoms with E-state index < -0.39 is 5.56 Å². The molecule has 3 aromatic rings. The maximum Gasteiger partial charge on any atom is 0.253 e. The molecule has 23 heavy (non-hydrogen) atoms. The van der Waals surface area contributed by atoms with Crippen molar-refractivity contribution in [2.45, 2.75) is 4.34 Å². The van der Waals surface area contributed by atoms with Crippen LogP contribution in [0.3, 0.4) is 0 Å². The van der Waals surface area contributed by atoms with E-state index in [1.54, 1.807) is 24.3 Å². The van der Waals surface area contributed by atoms with Gasteiger partial charge in [0.25, 0.3) is 5.56 Å². The molecule has 2 heterocycles. The average Bonchev–Trinajstić information content (AvgIpc) is 2.91. The zero-order valence-corrected chi connectivity index (χ0v) is 13.9. The molecule has 0 aliphatic carbocycles. The molecule has 0 aliphatic rings. The Hall–Kier alpha value is -2.03. The topological polar surface area (TPSA) is 95.1 Å². The molecule has 1 aromatic carbocycles. The lowest BCUT2D eigenvalue weighted by molar-refractivity contribution is -0.113. The molecule has 0 saturated carbocycles. The van der Waals surface area contributed by atoms with Gasteiger partial charge < -0.3 is 15.4 Å². The summed E-state index contributed by atoms with van der Waals surface area (Å²) in [7, 11) is 0. The maximum absolute atomic E-state index is 12.0. The van der Waals surface area contributed by atoms with Gasteiger partial charge in [0.05, 0.1) is 16.5 Å². The smallest absolute Gasteiger partial charge is 0.253 e. The minimum atomic E-state index is -0.423. The number of carbonyl (C=O) groups excluding carboxylic acids is 1. The standard InChI is InChI=1S/C14H10ClN3O3S2/c15-7-3-1-2-4-8(7)16-11(21)6-22-14-18-13-12(23-14)9(19)5-10(20)17-13/h1-5H,6H2,(H,16,21)(H2,17,19,20). The predicted octanol–water partition coefficient (Wildman–Crippen LogP) is 3.07. The fourth-order valence-electron chi connectivity index (χ4n) is 1.84. The molecular weight excluding hydrogens is 358 g/mol. The molecule has 0 unspecified atom stereocenters. The Bertz CT molecular complexity index is 938. The van der Waals surface area contributed by atoms with E-state index in [0.717, 1.165) is 6.07 Å². The molecule has 0 fully saturated rings. The Balaban J connectivity index is 1.68. The number of carbonyl (C=O) groups is 1. The summed E-state index contributed by atoms with van der Waals surface area (Å²) >= 11 is 8.40. The molecule has 0 bridgehead atoms. The van der Waals surface area contributed by atoms with E-state index in [2.05, 4.69) is 15.3 Å². The first-order valence-electron chi connectivity index (χ1n) is 6.43. The number of aromatic hydroxyl groups is 1. The van der Waals surface area contributed by atoms with Crippen LogP contribution in [-0.2, 0) is 4.79 Å². The van der Waals surface area contributed by atoms with Gasteiger partial charge >= 0.3 is 0 Å². The highest BCUT2D eigenvalue weighted by molar-refractivity contribution is 8.01. The van der Waals surface area contributed by atoms with Crippen molar-refractivity contribution in [3.8, 4) is 5.75 Å². The van der Waals surface area contributed by atoms with Gasteiger partial charge in [-0.1, -0.05) is 35.5 Å². The van der Waals surface area contributed by atoms with Crippen molar-refractivity contribution in [2.75, 3.05) is 11.1 Å². The first-order chi connectivity index (χ1) is 11.0. The molecule has 0 radical (unpaired) electrons. The van der Waals surface area contributed by atoms with Gasteiger partial charge in [0.15, 0.2) is 9.99 Å². The molecule has 0 aliphatic heterocycles. The largest absolute Gasteiger partial charge is 0.506 e. The summed E-state index contributed by atoms with van der Waals surface area (Å²) in [6, 6.07) is 8.06. The van der Waals surface area contributed by atoms with Crippen molar-refractivity contribution in [1.82, 2.24) is 9.97 Å². The van der Waals surface area contributed by atoms with E-state index in [9.17, 15) is 14.7 Å². The molecular formula is C14H10ClN3O3S2. The first kappa shape index (κ1) is 15.9. The lowest BCUT2D eigenvalue weighted by Gasteiger charge is -2.05. The number of aromatic amines is 1. The Morgan fingerprint density at radius 3 is 3.00 bits per heavy atom. The number of nitrogens with one attached hydrogen (secondary N) is 2. The summed E-state index contributed by atoms with van der Waals surface area (Å²) in [4.78, 5) is 30.0. The van der Waals surface area contributed by atoms with Gasteiger partial charge in [0, 0.05) is 6.07 Å². The zero-order valence-electron chi connectivity index (χ0n) is 11.5. The van der Waals surface area contributed by atoms with Gasteiger partial charge in [-0.25, -0.2) is 4.98 Å². The number of H-pyrrole nitrogens is 1. The minimum absolute atomic E-state index is 0.117. The minimum Gasteiger partial charge on any atom is -0.506 e. The van der Waals surface area contributed by atoms with Crippen LogP contribution in [0.5, 0.6) is 5.75 Å². The highest BCUT2D eigenvalue weighted by atomic mass is 35.5. The lowest BCUT2D eigenvalue weighted by Crippen LogP contribution is -2.14. The van der Waals surface area contributed by atoms with Crippen LogP contribution in [-0.4, -0.2) is 26.7 Å². The zero-order chi connectivity index (χ0) is 16.4. The van der Waals surface area contributed by atoms with Crippen molar-refractivity contribution in [1.29, 1.82) is 0 Å². The third-order valence-corrected chi connectivity index (χ3v) is 5.37. The van der Waals surface area contributed by atoms with Gasteiger partial charge in [0.1, 0.15) is 10.4 Å². The van der Waals surface area contributed by atoms with Crippen molar-refractivity contribution in [2.24, 2.45) is 0 Å². The quantitative estimate of drug-likeness (QED) is 0.616. The number of rotatable bonds is 4. The van der Waals surface area contributed by atoms with E-state index in [-0.39, 0.29) is 17.4 Å². The van der Waals surface area contributed by atoms with Crippen LogP contribution in [0.1, 0.15) is 0 Å². The molecule has 3 rings (SSSR count). The SMILES string of the molecule is O=C(CSc1nc2[nH]c(=O)cc(O)c2s1)Nc1ccccc1Cl. The van der Waals surface area contributed by atoms with E-state index in [4.69, 9.17) is 11.6 Å². The van der Waals surface area contributed by atoms with Crippen LogP contribution in [0, 0.1) is 0 Å². The Morgan fingerprint density at radius 1 is 1.43 bits per heavy atom. The van der Waals surface area contributed by atoms with Gasteiger partial charge in [0.2, 0.25) is 5.91 Å². The number of thioether (sulfide) groups is 1. The number of amides is 1. The van der Waals surface area contributed by atoms with Crippen LogP contribution in [0.25, 0.3) is 10.3 Å². The van der Waals surface area contributed by atoms with Gasteiger partial charge in [-0.2, -0.15) is 0 Å². The second-order valence-electron chi connectivity index (χ2n) is 4.49. The fraction of sp³-hybridized carbons (Fsp3) is 0.0714. The molecule has 118 valence electrons. The number of benzene rings is 1. The number of para-hydroxylation sites is 1. The van der Waals surface area contributed by atoms with Crippen molar-refractivity contribution in [3.63, 3.8) is 0 Å². The van der Waals surface area contributed by atoms with Gasteiger partial charge in [-0.15, -0.1) is 11.3 Å². The van der Waals surface area contributed by atoms with Crippen LogP contribution in [0.4, 0.5) is 5.69 Å². The molecule has 0 saturated heterocycles. The number of nitrogens with zero attached hydrogens (tertiary/aromatic N) is 1. The van der Waals surface area contributed by atoms with Crippen molar-refractivity contribution >= 4 is 56.6 Å². The van der Waals surface area contributed by atoms with Gasteiger partial charge in [-0.3, -0.25) is 9.59 Å². The molecule has 2 aromatic heterocycles. The van der Waals surface area contributed by atoms with Crippen LogP contribution >= 0.6 is 34.7 Å². The normalized spacial score (nSPS) is 10.8. The van der Waals surface area contributed by atoms with Crippen LogP contribution < -0.4 is 10.9 Å². The molecule has 3 N–H and O–H groups in total. The van der Waals surface area contributed by atoms with Gasteiger partial charge in [-0.05, 0) is 12.1 Å². The summed E-state index contributed by atoms with van der Waals surface area (Å²) < 4.78 is 1.06. The average molecular weight is 368 g/mol. The third-order valence-electron chi connectivity index (χ3n) is 2.82. The van der Waals surface area contributed by atoms with Crippen molar-refractivity contribution in [3.05, 3.63) is 45.7 Å². The predicted molar refractivity (Wildman–Crippen MR) is 92.7 cm³/mol. The number of thiazole rings is 1. The molecule has 1 amide bonds. The number of fused-ring (bicyclic) bond motifs is 1. The lowest BCUT2D eigenvalue weighted by atomic mass is 10.3. The van der Waals surface area contributed by atoms with Crippen LogP contribution in [0.15, 0.2) is 39.5 Å². The molecule has 9 heteroatoms. The molecule has 6 nitrogen and oxygen atoms in total. The Labute approximate surface area is 143 Å². The van der Waals surface area contributed by atoms with E-state index in [1.807, 2.05) is 0 Å². The molecule has 0 atom stereocenters. The maximum atomic E-state index is 12.0. The summed E-state index contributed by atoms with van der Waals surface area (Å²) in [6.45, 7) is 0. The summed E-state index contributed by atoms with van der Waals surface area (Å²) in [5, 5.41) is 12.9. The summed E-state index contributed by atoms with van der Waals surface area (Å²) in [6.07, 6.45) is 0. The number of hydrogen-bond acceptors (Lipinski definition) is 6. The monoisotopic (exact) mass is 367 g/mol. The Morgan fingerprint density at radius 2 is 2.22 bits per heavy atom. The number of aromatic nitrogens is 2. The summed E-state index contributed by atoms with van der Waals surface area (Å²) in [5.41, 5.74) is 0.438. The second kappa shape index (κ2) is 6.61. The third kappa shape index (κ3) is 3.66. The van der Waals surface area contributed by atoms with E-state index in [0.29, 0.717) is 25.4 Å². The highest BCUT2D eigenvalue weighted by Crippen LogP contribution is 2.33. The fourth-order valence-corrected chi connectivity index (χ4v) is 3.84. The van der Waals surface area contributed by atoms with E-state index >= 15 is 0 Å². The molecule has 0 spiro atoms. The van der Waals surface area contributed by atoms with Crippen molar-refractivity contribution < 1.29 is 9.90 Å². The first-order valence-corrected chi connectivity index (χ1v) is 8.61.